The number of piperidine rings is 2. The van der Waals surface area contributed by atoms with Crippen molar-refractivity contribution in [1.29, 1.82) is 0 Å². The standard InChI is InChI=1S/C54H61F4N7O4/c1-36-53(37(2)69-61-36)40-14-21-52(66)64(33-40)32-39-7-4-9-46(29-39)68-43-17-12-38(13-18-43)31-63-27-22-45(23-28-63)67-44-19-15-41(16-20-44)59-25-6-8-42-30-47-49(60-50-24-26-62(3)34-48(50)55)10-5-11-51(47)65(42)35-54(56,57)58/h4-5,7,9-11,14-16,19-21,29-30,33,38,43,45,48,50,59-60H,12-13,17-18,22-28,31-32,34-35H2,1-3H3/t38?,43?,48-,50+/m0/s1. The average Bonchev–Trinajstić information content (AvgIpc) is 3.85. The molecule has 364 valence electrons. The van der Waals surface area contributed by atoms with Gasteiger partial charge in [0.2, 0.25) is 0 Å². The number of halogens is 4. The van der Waals surface area contributed by atoms with E-state index in [9.17, 15) is 22.4 Å². The summed E-state index contributed by atoms with van der Waals surface area (Å²) in [6.45, 7) is 7.38. The molecule has 5 heterocycles. The van der Waals surface area contributed by atoms with Gasteiger partial charge in [-0.15, -0.1) is 0 Å². The lowest BCUT2D eigenvalue weighted by Gasteiger charge is -2.36. The van der Waals surface area contributed by atoms with E-state index in [1.807, 2.05) is 86.6 Å². The van der Waals surface area contributed by atoms with Crippen LogP contribution in [0.3, 0.4) is 0 Å². The molecule has 3 aliphatic rings. The van der Waals surface area contributed by atoms with E-state index in [-0.39, 0.29) is 30.0 Å². The van der Waals surface area contributed by atoms with Crippen LogP contribution in [-0.2, 0) is 13.1 Å². The highest BCUT2D eigenvalue weighted by atomic mass is 19.4. The molecule has 0 radical (unpaired) electrons. The molecule has 11 nitrogen and oxygen atoms in total. The van der Waals surface area contributed by atoms with Crippen LogP contribution >= 0.6 is 0 Å². The van der Waals surface area contributed by atoms with Crippen LogP contribution in [0.2, 0.25) is 0 Å². The highest BCUT2D eigenvalue weighted by Gasteiger charge is 2.32. The lowest BCUT2D eigenvalue weighted by Crippen LogP contribution is -2.46. The third-order valence-corrected chi connectivity index (χ3v) is 13.8. The number of nitrogens with one attached hydrogen (secondary N) is 2. The van der Waals surface area contributed by atoms with E-state index in [0.29, 0.717) is 42.0 Å². The van der Waals surface area contributed by atoms with Gasteiger partial charge >= 0.3 is 6.18 Å². The van der Waals surface area contributed by atoms with E-state index in [0.717, 1.165) is 110 Å². The minimum atomic E-state index is -4.45. The van der Waals surface area contributed by atoms with Crippen LogP contribution in [0.25, 0.3) is 22.0 Å². The van der Waals surface area contributed by atoms with Gasteiger partial charge in [0.25, 0.3) is 5.56 Å². The summed E-state index contributed by atoms with van der Waals surface area (Å²) in [6.07, 6.45) is 3.43. The Morgan fingerprint density at radius 2 is 1.61 bits per heavy atom. The first-order valence-electron chi connectivity index (χ1n) is 24.2. The van der Waals surface area contributed by atoms with E-state index in [2.05, 4.69) is 32.5 Å². The summed E-state index contributed by atoms with van der Waals surface area (Å²) in [5.74, 6) is 8.95. The number of nitrogens with zero attached hydrogens (tertiary/aromatic N) is 5. The van der Waals surface area contributed by atoms with E-state index >= 15 is 0 Å². The lowest BCUT2D eigenvalue weighted by atomic mass is 9.86. The summed E-state index contributed by atoms with van der Waals surface area (Å²) < 4.78 is 77.3. The molecule has 3 aromatic heterocycles. The van der Waals surface area contributed by atoms with Crippen LogP contribution in [0.15, 0.2) is 100 Å². The van der Waals surface area contributed by atoms with Gasteiger partial charge in [0, 0.05) is 72.9 Å². The number of hydrogen-bond acceptors (Lipinski definition) is 9. The Morgan fingerprint density at radius 3 is 2.35 bits per heavy atom. The molecule has 15 heteroatoms. The second-order valence-corrected chi connectivity index (χ2v) is 19.1. The Balaban J connectivity index is 0.705. The Bertz CT molecular complexity index is 2790. The molecule has 3 fully saturated rings. The molecule has 3 aromatic carbocycles. The molecule has 0 amide bonds. The van der Waals surface area contributed by atoms with Gasteiger partial charge in [-0.25, -0.2) is 4.39 Å². The summed E-state index contributed by atoms with van der Waals surface area (Å²) in [5.41, 5.74) is 5.61. The van der Waals surface area contributed by atoms with Crippen molar-refractivity contribution >= 4 is 22.3 Å². The highest BCUT2D eigenvalue weighted by molar-refractivity contribution is 5.94. The van der Waals surface area contributed by atoms with Crippen LogP contribution < -0.4 is 25.7 Å². The van der Waals surface area contributed by atoms with E-state index in [1.54, 1.807) is 34.9 Å². The molecule has 2 saturated heterocycles. The molecule has 9 rings (SSSR count). The van der Waals surface area contributed by atoms with Gasteiger partial charge < -0.3 is 43.6 Å². The predicted octanol–water partition coefficient (Wildman–Crippen LogP) is 10.1. The quantitative estimate of drug-likeness (QED) is 0.0817. The number of benzene rings is 3. The first kappa shape index (κ1) is 47.8. The topological polar surface area (TPSA) is 102 Å². The number of hydrogen-bond donors (Lipinski definition) is 2. The number of pyridine rings is 1. The molecule has 69 heavy (non-hydrogen) atoms. The summed E-state index contributed by atoms with van der Waals surface area (Å²) in [4.78, 5) is 17.3. The molecule has 6 aromatic rings. The summed E-state index contributed by atoms with van der Waals surface area (Å²) in [6, 6.07) is 25.6. The summed E-state index contributed by atoms with van der Waals surface area (Å²) in [5, 5.41) is 11.2. The van der Waals surface area contributed by atoms with Crippen molar-refractivity contribution in [2.45, 2.75) is 102 Å². The second kappa shape index (κ2) is 21.2. The smallest absolute Gasteiger partial charge is 0.406 e. The van der Waals surface area contributed by atoms with Gasteiger partial charge in [-0.3, -0.25) is 4.79 Å². The molecule has 2 aliphatic heterocycles. The number of fused-ring (bicyclic) bond motifs is 1. The lowest BCUT2D eigenvalue weighted by molar-refractivity contribution is -0.140. The summed E-state index contributed by atoms with van der Waals surface area (Å²) in [7, 11) is 1.88. The minimum absolute atomic E-state index is 0.0708. The number of ether oxygens (including phenoxy) is 2. The first-order valence-corrected chi connectivity index (χ1v) is 24.2. The van der Waals surface area contributed by atoms with E-state index in [4.69, 9.17) is 14.0 Å². The van der Waals surface area contributed by atoms with E-state index < -0.39 is 24.9 Å². The Labute approximate surface area is 400 Å². The van der Waals surface area contributed by atoms with Crippen molar-refractivity contribution in [1.82, 2.24) is 24.1 Å². The third-order valence-electron chi connectivity index (χ3n) is 13.8. The van der Waals surface area contributed by atoms with Crippen molar-refractivity contribution in [3.8, 4) is 34.5 Å². The van der Waals surface area contributed by atoms with Crippen LogP contribution in [-0.4, -0.2) is 101 Å². The Morgan fingerprint density at radius 1 is 0.855 bits per heavy atom. The molecular formula is C54H61F4N7O4. The van der Waals surface area contributed by atoms with Crippen molar-refractivity contribution in [2.75, 3.05) is 56.9 Å². The molecule has 0 spiro atoms. The van der Waals surface area contributed by atoms with Gasteiger partial charge in [0.1, 0.15) is 36.1 Å². The molecule has 2 N–H and O–H groups in total. The maximum Gasteiger partial charge on any atom is 0.406 e. The maximum atomic E-state index is 14.9. The Hall–Kier alpha value is -6.24. The molecule has 1 saturated carbocycles. The SMILES string of the molecule is Cc1noc(C)c1-c1ccc(=O)n(Cc2cccc(OC3CCC(CN4CCC(Oc5ccc(NCC#Cc6cc7c(N[C@@H]8CCN(C)C[C@@H]8F)cccc7n6CC(F)(F)F)cc5)CC4)CC3)c2)c1. The largest absolute Gasteiger partial charge is 0.490 e. The normalized spacial score (nSPS) is 20.6. The zero-order chi connectivity index (χ0) is 48.1. The fraction of sp³-hybridized carbons (Fsp3) is 0.444. The number of anilines is 2. The number of aromatic nitrogens is 3. The Kier molecular flexibility index (Phi) is 14.7. The molecule has 1 aliphatic carbocycles. The van der Waals surface area contributed by atoms with Crippen LogP contribution in [0.1, 0.15) is 67.7 Å². The number of rotatable bonds is 14. The number of likely N-dealkylation sites (tertiary alicyclic amines) is 2. The van der Waals surface area contributed by atoms with Crippen LogP contribution in [0.5, 0.6) is 11.5 Å². The van der Waals surface area contributed by atoms with Crippen molar-refractivity contribution < 1.29 is 31.6 Å². The summed E-state index contributed by atoms with van der Waals surface area (Å²) >= 11 is 0. The zero-order valence-electron chi connectivity index (χ0n) is 39.5. The van der Waals surface area contributed by atoms with Gasteiger partial charge in [0.15, 0.2) is 0 Å². The van der Waals surface area contributed by atoms with Crippen molar-refractivity contribution in [3.63, 3.8) is 0 Å². The number of alkyl halides is 4. The molecule has 0 bridgehead atoms. The molecule has 0 unspecified atom stereocenters. The first-order chi connectivity index (χ1) is 33.3. The molecular weight excluding hydrogens is 887 g/mol. The third kappa shape index (κ3) is 12.1. The van der Waals surface area contributed by atoms with E-state index in [1.165, 1.54) is 4.57 Å². The van der Waals surface area contributed by atoms with Crippen molar-refractivity contribution in [3.05, 3.63) is 124 Å². The van der Waals surface area contributed by atoms with Gasteiger partial charge in [-0.05, 0) is 144 Å². The average molecular weight is 948 g/mol. The minimum Gasteiger partial charge on any atom is -0.490 e. The fourth-order valence-corrected chi connectivity index (χ4v) is 10.2. The van der Waals surface area contributed by atoms with Crippen LogP contribution in [0.4, 0.5) is 28.9 Å². The van der Waals surface area contributed by atoms with Gasteiger partial charge in [-0.2, -0.15) is 13.2 Å². The second-order valence-electron chi connectivity index (χ2n) is 19.1. The monoisotopic (exact) mass is 947 g/mol. The van der Waals surface area contributed by atoms with Crippen molar-refractivity contribution in [2.24, 2.45) is 5.92 Å². The predicted molar refractivity (Wildman–Crippen MR) is 262 cm³/mol. The molecule has 2 atom stereocenters. The highest BCUT2D eigenvalue weighted by Crippen LogP contribution is 2.33. The fourth-order valence-electron chi connectivity index (χ4n) is 10.2. The zero-order valence-corrected chi connectivity index (χ0v) is 39.5. The van der Waals surface area contributed by atoms with Gasteiger partial charge in [-0.1, -0.05) is 29.3 Å². The number of aryl methyl sites for hydroxylation is 2. The van der Waals surface area contributed by atoms with Crippen LogP contribution in [0, 0.1) is 31.6 Å². The maximum absolute atomic E-state index is 14.9. The van der Waals surface area contributed by atoms with Gasteiger partial charge in [0.05, 0.1) is 42.1 Å².